The normalized spacial score (nSPS) is 12.2. The van der Waals surface area contributed by atoms with E-state index in [9.17, 15) is 18.0 Å². The molecule has 4 rings (SSSR count). The number of hydrogen-bond acceptors (Lipinski definition) is 5. The molecule has 0 unspecified atom stereocenters. The Morgan fingerprint density at radius 1 is 0.826 bits per heavy atom. The van der Waals surface area contributed by atoms with Crippen molar-refractivity contribution in [3.8, 4) is 5.75 Å². The van der Waals surface area contributed by atoms with Gasteiger partial charge in [0.05, 0.1) is 27.7 Å². The van der Waals surface area contributed by atoms with Crippen LogP contribution in [0.25, 0.3) is 0 Å². The lowest BCUT2D eigenvalue weighted by Crippen LogP contribution is -2.56. The highest BCUT2D eigenvalue weighted by Crippen LogP contribution is 2.33. The molecule has 4 aromatic rings. The lowest BCUT2D eigenvalue weighted by atomic mass is 10.0. The van der Waals surface area contributed by atoms with Crippen molar-refractivity contribution < 1.29 is 22.7 Å². The number of ether oxygens (including phenoxy) is 1. The summed E-state index contributed by atoms with van der Waals surface area (Å²) in [5, 5.41) is 3.63. The van der Waals surface area contributed by atoms with Crippen molar-refractivity contribution in [1.29, 1.82) is 0 Å². The van der Waals surface area contributed by atoms with E-state index in [1.807, 2.05) is 51.1 Å². The topological polar surface area (TPSA) is 96.0 Å². The molecule has 4 aromatic carbocycles. The lowest BCUT2D eigenvalue weighted by molar-refractivity contribution is -0.140. The number of carbonyl (C=O) groups excluding carboxylic acids is 2. The van der Waals surface area contributed by atoms with Gasteiger partial charge in [-0.15, -0.1) is 0 Å². The minimum absolute atomic E-state index is 0.00366. The van der Waals surface area contributed by atoms with E-state index >= 15 is 0 Å². The van der Waals surface area contributed by atoms with Crippen LogP contribution >= 0.6 is 23.2 Å². The summed E-state index contributed by atoms with van der Waals surface area (Å²) in [4.78, 5) is 30.0. The van der Waals surface area contributed by atoms with E-state index in [4.69, 9.17) is 27.9 Å². The van der Waals surface area contributed by atoms with Crippen LogP contribution in [0.2, 0.25) is 10.0 Å². The monoisotopic (exact) mass is 681 g/mol. The molecule has 0 heterocycles. The van der Waals surface area contributed by atoms with Crippen LogP contribution in [0.1, 0.15) is 31.9 Å². The van der Waals surface area contributed by atoms with Gasteiger partial charge in [-0.25, -0.2) is 8.42 Å². The number of methoxy groups -OCH3 is 1. The van der Waals surface area contributed by atoms with E-state index in [1.165, 1.54) is 24.1 Å². The van der Waals surface area contributed by atoms with E-state index in [0.717, 1.165) is 9.87 Å². The molecule has 0 aliphatic heterocycles. The third-order valence-electron chi connectivity index (χ3n) is 7.07. The summed E-state index contributed by atoms with van der Waals surface area (Å²) in [6, 6.07) is 27.7. The maximum absolute atomic E-state index is 14.6. The molecule has 0 radical (unpaired) electrons. The molecule has 242 valence electrons. The number of anilines is 1. The smallest absolute Gasteiger partial charge is 0.264 e. The van der Waals surface area contributed by atoms with Gasteiger partial charge in [-0.3, -0.25) is 13.9 Å². The Kier molecular flexibility index (Phi) is 11.4. The van der Waals surface area contributed by atoms with Crippen molar-refractivity contribution in [2.75, 3.05) is 18.0 Å². The van der Waals surface area contributed by atoms with Crippen LogP contribution in [0.15, 0.2) is 108 Å². The number of carbonyl (C=O) groups is 2. The van der Waals surface area contributed by atoms with Crippen molar-refractivity contribution in [2.45, 2.75) is 50.2 Å². The van der Waals surface area contributed by atoms with Crippen LogP contribution in [0, 0.1) is 0 Å². The second kappa shape index (κ2) is 15.0. The number of sulfonamides is 1. The molecule has 1 atom stereocenters. The number of nitrogens with zero attached hydrogens (tertiary/aromatic N) is 2. The fraction of sp³-hybridized carbons (Fsp3) is 0.257. The van der Waals surface area contributed by atoms with Crippen molar-refractivity contribution >= 4 is 50.7 Å². The fourth-order valence-corrected chi connectivity index (χ4v) is 6.68. The van der Waals surface area contributed by atoms with E-state index in [1.54, 1.807) is 60.7 Å². The van der Waals surface area contributed by atoms with Gasteiger partial charge in [0.2, 0.25) is 11.8 Å². The first-order chi connectivity index (χ1) is 21.8. The molecule has 0 bridgehead atoms. The molecule has 0 aromatic heterocycles. The molecule has 0 aliphatic carbocycles. The minimum atomic E-state index is -4.27. The van der Waals surface area contributed by atoms with Crippen LogP contribution < -0.4 is 14.4 Å². The van der Waals surface area contributed by atoms with Crippen molar-refractivity contribution in [1.82, 2.24) is 10.2 Å². The quantitative estimate of drug-likeness (QED) is 0.178. The highest BCUT2D eigenvalue weighted by Gasteiger charge is 2.36. The van der Waals surface area contributed by atoms with Crippen molar-refractivity contribution in [2.24, 2.45) is 0 Å². The third kappa shape index (κ3) is 8.81. The summed E-state index contributed by atoms with van der Waals surface area (Å²) >= 11 is 12.5. The molecule has 46 heavy (non-hydrogen) atoms. The van der Waals surface area contributed by atoms with Gasteiger partial charge in [0.1, 0.15) is 18.3 Å². The lowest BCUT2D eigenvalue weighted by Gasteiger charge is -2.35. The highest BCUT2D eigenvalue weighted by molar-refractivity contribution is 7.92. The molecule has 0 aliphatic rings. The van der Waals surface area contributed by atoms with Crippen LogP contribution in [-0.4, -0.2) is 50.4 Å². The Hall–Kier alpha value is -4.05. The largest absolute Gasteiger partial charge is 0.495 e. The van der Waals surface area contributed by atoms with Gasteiger partial charge < -0.3 is 15.0 Å². The highest BCUT2D eigenvalue weighted by atomic mass is 35.5. The summed E-state index contributed by atoms with van der Waals surface area (Å²) < 4.78 is 34.9. The maximum atomic E-state index is 14.6. The Morgan fingerprint density at radius 2 is 1.43 bits per heavy atom. The van der Waals surface area contributed by atoms with Gasteiger partial charge in [0, 0.05) is 18.5 Å². The van der Waals surface area contributed by atoms with E-state index in [2.05, 4.69) is 5.32 Å². The van der Waals surface area contributed by atoms with Crippen molar-refractivity contribution in [3.63, 3.8) is 0 Å². The first-order valence-electron chi connectivity index (χ1n) is 14.6. The summed E-state index contributed by atoms with van der Waals surface area (Å²) in [5.74, 6) is -0.738. The van der Waals surface area contributed by atoms with Gasteiger partial charge in [0.15, 0.2) is 0 Å². The average molecular weight is 683 g/mol. The number of hydrogen-bond donors (Lipinski definition) is 1. The predicted octanol–water partition coefficient (Wildman–Crippen LogP) is 6.75. The zero-order valence-corrected chi connectivity index (χ0v) is 28.4. The fourth-order valence-electron chi connectivity index (χ4n) is 4.91. The van der Waals surface area contributed by atoms with Crippen molar-refractivity contribution in [3.05, 3.63) is 124 Å². The Bertz CT molecular complexity index is 1760. The van der Waals surface area contributed by atoms with E-state index in [-0.39, 0.29) is 40.2 Å². The van der Waals surface area contributed by atoms with E-state index in [0.29, 0.717) is 10.6 Å². The van der Waals surface area contributed by atoms with Gasteiger partial charge >= 0.3 is 0 Å². The molecule has 0 spiro atoms. The van der Waals surface area contributed by atoms with Crippen LogP contribution in [0.3, 0.4) is 0 Å². The van der Waals surface area contributed by atoms with Crippen LogP contribution in [0.4, 0.5) is 5.69 Å². The Morgan fingerprint density at radius 3 is 2.04 bits per heavy atom. The number of rotatable bonds is 12. The summed E-state index contributed by atoms with van der Waals surface area (Å²) in [7, 11) is -2.84. The van der Waals surface area contributed by atoms with Gasteiger partial charge in [0.25, 0.3) is 10.0 Å². The van der Waals surface area contributed by atoms with Gasteiger partial charge in [-0.05, 0) is 68.3 Å². The first kappa shape index (κ1) is 34.8. The minimum Gasteiger partial charge on any atom is -0.495 e. The Balaban J connectivity index is 1.85. The second-order valence-corrected chi connectivity index (χ2v) is 14.4. The zero-order chi connectivity index (χ0) is 33.5. The first-order valence-corrected chi connectivity index (χ1v) is 16.8. The summed E-state index contributed by atoms with van der Waals surface area (Å²) in [6.45, 7) is 4.89. The Labute approximate surface area is 280 Å². The number of amides is 2. The SMILES string of the molecule is COc1ccccc1N(CC(=O)N(Cc1ccc(Cl)c(Cl)c1)[C@@H](Cc1ccccc1)C(=O)NC(C)(C)C)S(=O)(=O)c1ccccc1. The molecule has 0 saturated heterocycles. The van der Waals surface area contributed by atoms with Gasteiger partial charge in [-0.2, -0.15) is 0 Å². The van der Waals surface area contributed by atoms with Gasteiger partial charge in [-0.1, -0.05) is 89.9 Å². The van der Waals surface area contributed by atoms with Crippen LogP contribution in [-0.2, 0) is 32.6 Å². The standard InChI is InChI=1S/C35H37Cl2N3O5S/c1-35(2,3)38-34(42)31(22-25-13-7-5-8-14-25)39(23-26-19-20-28(36)29(37)21-26)33(41)24-40(30-17-11-12-18-32(30)45-4)46(43,44)27-15-9-6-10-16-27/h5-21,31H,22-24H2,1-4H3,(H,38,42)/t31-/m0/s1. The molecule has 0 fully saturated rings. The number of nitrogens with one attached hydrogen (secondary N) is 1. The zero-order valence-electron chi connectivity index (χ0n) is 26.1. The molecule has 1 N–H and O–H groups in total. The third-order valence-corrected chi connectivity index (χ3v) is 9.58. The molecule has 8 nitrogen and oxygen atoms in total. The summed E-state index contributed by atoms with van der Waals surface area (Å²) in [6.07, 6.45) is 0.176. The molecule has 11 heteroatoms. The average Bonchev–Trinajstić information content (AvgIpc) is 3.03. The molecular formula is C35H37Cl2N3O5S. The van der Waals surface area contributed by atoms with Crippen LogP contribution in [0.5, 0.6) is 5.75 Å². The predicted molar refractivity (Wildman–Crippen MR) is 183 cm³/mol. The number of para-hydroxylation sites is 2. The van der Waals surface area contributed by atoms with E-state index < -0.39 is 34.1 Å². The number of benzene rings is 4. The number of halogens is 2. The summed E-state index contributed by atoms with van der Waals surface area (Å²) in [5.41, 5.74) is 1.00. The molecule has 0 saturated carbocycles. The second-order valence-electron chi connectivity index (χ2n) is 11.7. The molecule has 2 amide bonds. The maximum Gasteiger partial charge on any atom is 0.264 e. The molecular weight excluding hydrogens is 645 g/mol.